The van der Waals surface area contributed by atoms with E-state index in [9.17, 15) is 0 Å². The van der Waals surface area contributed by atoms with Crippen molar-refractivity contribution in [2.45, 2.75) is 13.3 Å². The molecule has 2 rings (SSSR count). The first-order valence-corrected chi connectivity index (χ1v) is 5.06. The first kappa shape index (κ1) is 10.1. The third-order valence-electron chi connectivity index (χ3n) is 2.35. The standard InChI is InChI=1S/C11H10ClNO2/c1-7-6-9-11(15-5-4-14-9)10(12)8(7)2-3-13/h6H,2,4-5H2,1H3. The van der Waals surface area contributed by atoms with E-state index < -0.39 is 0 Å². The molecule has 4 heteroatoms. The number of aryl methyl sites for hydroxylation is 1. The summed E-state index contributed by atoms with van der Waals surface area (Å²) in [4.78, 5) is 0. The predicted octanol–water partition coefficient (Wildman–Crippen LogP) is 2.49. The Labute approximate surface area is 93.2 Å². The zero-order valence-corrected chi connectivity index (χ0v) is 9.10. The molecule has 0 N–H and O–H groups in total. The highest BCUT2D eigenvalue weighted by molar-refractivity contribution is 6.33. The van der Waals surface area contributed by atoms with Gasteiger partial charge in [-0.3, -0.25) is 0 Å². The van der Waals surface area contributed by atoms with Gasteiger partial charge in [0.25, 0.3) is 0 Å². The van der Waals surface area contributed by atoms with Crippen molar-refractivity contribution in [1.82, 2.24) is 0 Å². The maximum Gasteiger partial charge on any atom is 0.180 e. The SMILES string of the molecule is Cc1cc2c(c(Cl)c1CC#N)OCCO2. The van der Waals surface area contributed by atoms with Gasteiger partial charge in [-0.25, -0.2) is 0 Å². The van der Waals surface area contributed by atoms with Crippen LogP contribution in [0, 0.1) is 18.3 Å². The molecule has 0 saturated carbocycles. The summed E-state index contributed by atoms with van der Waals surface area (Å²) in [7, 11) is 0. The van der Waals surface area contributed by atoms with Crippen molar-refractivity contribution in [2.24, 2.45) is 0 Å². The molecule has 0 atom stereocenters. The fourth-order valence-corrected chi connectivity index (χ4v) is 1.96. The summed E-state index contributed by atoms with van der Waals surface area (Å²) < 4.78 is 10.9. The van der Waals surface area contributed by atoms with Crippen molar-refractivity contribution >= 4 is 11.6 Å². The summed E-state index contributed by atoms with van der Waals surface area (Å²) in [6.07, 6.45) is 0.293. The fraction of sp³-hybridized carbons (Fsp3) is 0.364. The molecule has 3 nitrogen and oxygen atoms in total. The topological polar surface area (TPSA) is 42.2 Å². The lowest BCUT2D eigenvalue weighted by molar-refractivity contribution is 0.171. The highest BCUT2D eigenvalue weighted by Gasteiger charge is 2.19. The van der Waals surface area contributed by atoms with E-state index in [-0.39, 0.29) is 0 Å². The lowest BCUT2D eigenvalue weighted by Gasteiger charge is -2.21. The van der Waals surface area contributed by atoms with Gasteiger partial charge in [-0.15, -0.1) is 0 Å². The molecule has 0 saturated heterocycles. The lowest BCUT2D eigenvalue weighted by atomic mass is 10.0. The van der Waals surface area contributed by atoms with Crippen LogP contribution in [0.1, 0.15) is 11.1 Å². The van der Waals surface area contributed by atoms with Crippen molar-refractivity contribution < 1.29 is 9.47 Å². The minimum atomic E-state index is 0.293. The molecule has 0 spiro atoms. The van der Waals surface area contributed by atoms with E-state index in [1.807, 2.05) is 13.0 Å². The van der Waals surface area contributed by atoms with Crippen LogP contribution in [0.4, 0.5) is 0 Å². The van der Waals surface area contributed by atoms with Crippen molar-refractivity contribution in [3.63, 3.8) is 0 Å². The number of ether oxygens (including phenoxy) is 2. The van der Waals surface area contributed by atoms with Crippen LogP contribution in [-0.2, 0) is 6.42 Å². The van der Waals surface area contributed by atoms with Crippen molar-refractivity contribution in [3.8, 4) is 17.6 Å². The van der Waals surface area contributed by atoms with Crippen LogP contribution in [0.15, 0.2) is 6.07 Å². The maximum absolute atomic E-state index is 8.69. The quantitative estimate of drug-likeness (QED) is 0.735. The van der Waals surface area contributed by atoms with E-state index in [4.69, 9.17) is 26.3 Å². The number of hydrogen-bond acceptors (Lipinski definition) is 3. The van der Waals surface area contributed by atoms with Crippen LogP contribution >= 0.6 is 11.6 Å². The Hall–Kier alpha value is -1.40. The first-order valence-electron chi connectivity index (χ1n) is 4.68. The zero-order chi connectivity index (χ0) is 10.8. The van der Waals surface area contributed by atoms with Crippen molar-refractivity contribution in [2.75, 3.05) is 13.2 Å². The summed E-state index contributed by atoms with van der Waals surface area (Å²) in [6, 6.07) is 3.96. The van der Waals surface area contributed by atoms with Gasteiger partial charge in [-0.1, -0.05) is 11.6 Å². The normalized spacial score (nSPS) is 13.4. The molecule has 0 aromatic heterocycles. The highest BCUT2D eigenvalue weighted by atomic mass is 35.5. The van der Waals surface area contributed by atoms with Gasteiger partial charge in [0.1, 0.15) is 13.2 Å². The number of halogens is 1. The summed E-state index contributed by atoms with van der Waals surface area (Å²) >= 11 is 6.15. The van der Waals surface area contributed by atoms with Gasteiger partial charge in [-0.2, -0.15) is 5.26 Å². The average Bonchev–Trinajstić information content (AvgIpc) is 2.24. The van der Waals surface area contributed by atoms with Gasteiger partial charge >= 0.3 is 0 Å². The monoisotopic (exact) mass is 223 g/mol. The smallest absolute Gasteiger partial charge is 0.180 e. The van der Waals surface area contributed by atoms with Gasteiger partial charge in [0, 0.05) is 0 Å². The highest BCUT2D eigenvalue weighted by Crippen LogP contribution is 2.41. The molecule has 1 aliphatic rings. The molecule has 1 aliphatic heterocycles. The van der Waals surface area contributed by atoms with Crippen LogP contribution in [0.25, 0.3) is 0 Å². The Morgan fingerprint density at radius 3 is 2.93 bits per heavy atom. The number of fused-ring (bicyclic) bond motifs is 1. The van der Waals surface area contributed by atoms with Gasteiger partial charge in [-0.05, 0) is 24.1 Å². The molecule has 1 aromatic carbocycles. The summed E-state index contributed by atoms with van der Waals surface area (Å²) in [5.74, 6) is 1.24. The van der Waals surface area contributed by atoms with Crippen LogP contribution in [0.5, 0.6) is 11.5 Å². The van der Waals surface area contributed by atoms with Gasteiger partial charge in [0.05, 0.1) is 17.5 Å². The summed E-state index contributed by atoms with van der Waals surface area (Å²) in [5.41, 5.74) is 1.79. The predicted molar refractivity (Wildman–Crippen MR) is 56.5 cm³/mol. The van der Waals surface area contributed by atoms with Crippen molar-refractivity contribution in [3.05, 3.63) is 22.2 Å². The molecule has 78 valence electrons. The Morgan fingerprint density at radius 1 is 1.47 bits per heavy atom. The van der Waals surface area contributed by atoms with E-state index in [0.29, 0.717) is 36.2 Å². The number of benzene rings is 1. The number of hydrogen-bond donors (Lipinski definition) is 0. The third-order valence-corrected chi connectivity index (χ3v) is 2.75. The first-order chi connectivity index (χ1) is 7.24. The Bertz CT molecular complexity index is 437. The lowest BCUT2D eigenvalue weighted by Crippen LogP contribution is -2.16. The molecule has 0 unspecified atom stereocenters. The number of rotatable bonds is 1. The van der Waals surface area contributed by atoms with E-state index >= 15 is 0 Å². The molecule has 1 aromatic rings. The molecule has 0 radical (unpaired) electrons. The molecule has 0 bridgehead atoms. The molecular weight excluding hydrogens is 214 g/mol. The van der Waals surface area contributed by atoms with Gasteiger partial charge < -0.3 is 9.47 Å². The largest absolute Gasteiger partial charge is 0.486 e. The molecular formula is C11H10ClNO2. The Morgan fingerprint density at radius 2 is 2.20 bits per heavy atom. The molecule has 0 aliphatic carbocycles. The zero-order valence-electron chi connectivity index (χ0n) is 8.34. The second-order valence-corrected chi connectivity index (χ2v) is 3.72. The van der Waals surface area contributed by atoms with E-state index in [0.717, 1.165) is 11.1 Å². The van der Waals surface area contributed by atoms with Crippen LogP contribution < -0.4 is 9.47 Å². The minimum Gasteiger partial charge on any atom is -0.486 e. The van der Waals surface area contributed by atoms with E-state index in [2.05, 4.69) is 6.07 Å². The Balaban J connectivity index is 2.55. The second-order valence-electron chi connectivity index (χ2n) is 3.35. The molecule has 0 amide bonds. The van der Waals surface area contributed by atoms with E-state index in [1.54, 1.807) is 0 Å². The van der Waals surface area contributed by atoms with E-state index in [1.165, 1.54) is 0 Å². The number of nitriles is 1. The number of nitrogens with zero attached hydrogens (tertiary/aromatic N) is 1. The summed E-state index contributed by atoms with van der Waals surface area (Å²) in [6.45, 7) is 2.96. The van der Waals surface area contributed by atoms with Crippen molar-refractivity contribution in [1.29, 1.82) is 5.26 Å². The molecule has 0 fully saturated rings. The Kier molecular flexibility index (Phi) is 2.70. The minimum absolute atomic E-state index is 0.293. The fourth-order valence-electron chi connectivity index (χ4n) is 1.60. The van der Waals surface area contributed by atoms with Gasteiger partial charge in [0.15, 0.2) is 11.5 Å². The van der Waals surface area contributed by atoms with Crippen LogP contribution in [0.2, 0.25) is 5.02 Å². The second kappa shape index (κ2) is 4.00. The van der Waals surface area contributed by atoms with Gasteiger partial charge in [0.2, 0.25) is 0 Å². The van der Waals surface area contributed by atoms with Crippen LogP contribution in [-0.4, -0.2) is 13.2 Å². The molecule has 15 heavy (non-hydrogen) atoms. The maximum atomic E-state index is 8.69. The van der Waals surface area contributed by atoms with Crippen LogP contribution in [0.3, 0.4) is 0 Å². The average molecular weight is 224 g/mol. The third kappa shape index (κ3) is 1.73. The summed E-state index contributed by atoms with van der Waals surface area (Å²) in [5, 5.41) is 9.20. The molecule has 1 heterocycles.